The Labute approximate surface area is 149 Å². The first-order chi connectivity index (χ1) is 11.2. The van der Waals surface area contributed by atoms with Gasteiger partial charge >= 0.3 is 0 Å². The van der Waals surface area contributed by atoms with Gasteiger partial charge in [-0.3, -0.25) is 9.59 Å². The molecule has 0 radical (unpaired) electrons. The minimum atomic E-state index is -0.0689. The van der Waals surface area contributed by atoms with Crippen LogP contribution in [-0.2, 0) is 16.0 Å². The molecule has 0 spiro atoms. The number of nitrogens with one attached hydrogen (secondary N) is 2. The van der Waals surface area contributed by atoms with Crippen LogP contribution in [0.25, 0.3) is 0 Å². The lowest BCUT2D eigenvalue weighted by atomic mass is 10.00. The Morgan fingerprint density at radius 2 is 2.08 bits per heavy atom. The summed E-state index contributed by atoms with van der Waals surface area (Å²) in [6, 6.07) is 7.91. The Morgan fingerprint density at radius 3 is 2.88 bits per heavy atom. The van der Waals surface area contributed by atoms with Crippen LogP contribution in [0.1, 0.15) is 31.2 Å². The van der Waals surface area contributed by atoms with Crippen molar-refractivity contribution >= 4 is 29.9 Å². The van der Waals surface area contributed by atoms with Crippen LogP contribution in [0.2, 0.25) is 0 Å². The van der Waals surface area contributed by atoms with Gasteiger partial charge in [0.1, 0.15) is 6.54 Å². The maximum absolute atomic E-state index is 12.4. The highest BCUT2D eigenvalue weighted by atomic mass is 35.5. The molecule has 132 valence electrons. The third-order valence-electron chi connectivity index (χ3n) is 4.71. The summed E-state index contributed by atoms with van der Waals surface area (Å²) in [5.41, 5.74) is 2.05. The van der Waals surface area contributed by atoms with Gasteiger partial charge in [-0.15, -0.1) is 12.4 Å². The number of halogens is 1. The van der Waals surface area contributed by atoms with Crippen LogP contribution in [-0.4, -0.2) is 38.0 Å². The summed E-state index contributed by atoms with van der Waals surface area (Å²) in [7, 11) is 0. The van der Waals surface area contributed by atoms with E-state index in [1.807, 2.05) is 24.3 Å². The molecule has 1 aromatic rings. The lowest BCUT2D eigenvalue weighted by Gasteiger charge is -2.25. The van der Waals surface area contributed by atoms with Crippen LogP contribution >= 0.6 is 12.4 Å². The highest BCUT2D eigenvalue weighted by Gasteiger charge is 2.24. The van der Waals surface area contributed by atoms with E-state index >= 15 is 0 Å². The van der Waals surface area contributed by atoms with E-state index in [1.54, 1.807) is 4.90 Å². The van der Waals surface area contributed by atoms with Crippen molar-refractivity contribution in [3.8, 4) is 0 Å². The molecule has 1 fully saturated rings. The molecule has 2 amide bonds. The molecule has 1 saturated heterocycles. The number of rotatable bonds is 4. The van der Waals surface area contributed by atoms with Crippen LogP contribution in [0, 0.1) is 5.92 Å². The number of aryl methyl sites for hydroxylation is 1. The average molecular weight is 352 g/mol. The number of hydrogen-bond donors (Lipinski definition) is 2. The summed E-state index contributed by atoms with van der Waals surface area (Å²) < 4.78 is 0. The first-order valence-corrected chi connectivity index (χ1v) is 8.60. The van der Waals surface area contributed by atoms with E-state index in [9.17, 15) is 9.59 Å². The predicted octanol–water partition coefficient (Wildman–Crippen LogP) is 1.89. The lowest BCUT2D eigenvalue weighted by molar-refractivity contribution is -0.124. The molecule has 0 saturated carbocycles. The number of carbonyl (C=O) groups is 2. The fourth-order valence-electron chi connectivity index (χ4n) is 3.41. The van der Waals surface area contributed by atoms with E-state index in [-0.39, 0.29) is 30.8 Å². The van der Waals surface area contributed by atoms with Crippen LogP contribution in [0.4, 0.5) is 5.69 Å². The van der Waals surface area contributed by atoms with Crippen molar-refractivity contribution in [3.63, 3.8) is 0 Å². The number of anilines is 1. The second kappa shape index (κ2) is 9.04. The molecule has 24 heavy (non-hydrogen) atoms. The van der Waals surface area contributed by atoms with Crippen LogP contribution in [0.5, 0.6) is 0 Å². The summed E-state index contributed by atoms with van der Waals surface area (Å²) in [4.78, 5) is 26.3. The van der Waals surface area contributed by atoms with Crippen LogP contribution in [0.3, 0.4) is 0 Å². The number of para-hydroxylation sites is 1. The average Bonchev–Trinajstić information content (AvgIpc) is 2.74. The topological polar surface area (TPSA) is 61.4 Å². The van der Waals surface area contributed by atoms with Gasteiger partial charge < -0.3 is 15.5 Å². The lowest BCUT2D eigenvalue weighted by Crippen LogP contribution is -2.44. The Hall–Kier alpha value is -1.59. The monoisotopic (exact) mass is 351 g/mol. The van der Waals surface area contributed by atoms with E-state index in [0.29, 0.717) is 18.9 Å². The first kappa shape index (κ1) is 18.7. The van der Waals surface area contributed by atoms with Gasteiger partial charge in [-0.05, 0) is 56.3 Å². The molecule has 2 N–H and O–H groups in total. The Morgan fingerprint density at radius 1 is 1.25 bits per heavy atom. The van der Waals surface area contributed by atoms with E-state index in [0.717, 1.165) is 43.6 Å². The second-order valence-corrected chi connectivity index (χ2v) is 6.48. The molecule has 6 heteroatoms. The maximum atomic E-state index is 12.4. The van der Waals surface area contributed by atoms with Gasteiger partial charge in [0.2, 0.25) is 11.8 Å². The highest BCUT2D eigenvalue weighted by Crippen LogP contribution is 2.26. The van der Waals surface area contributed by atoms with Gasteiger partial charge in [0.05, 0.1) is 0 Å². The summed E-state index contributed by atoms with van der Waals surface area (Å²) >= 11 is 0. The van der Waals surface area contributed by atoms with Crippen molar-refractivity contribution in [2.45, 2.75) is 32.1 Å². The zero-order valence-electron chi connectivity index (χ0n) is 13.9. The van der Waals surface area contributed by atoms with E-state index in [1.165, 1.54) is 6.42 Å². The molecule has 2 aliphatic heterocycles. The molecular weight excluding hydrogens is 326 g/mol. The van der Waals surface area contributed by atoms with E-state index < -0.39 is 0 Å². The zero-order valence-corrected chi connectivity index (χ0v) is 14.7. The summed E-state index contributed by atoms with van der Waals surface area (Å²) in [5, 5.41) is 6.35. The fraction of sp³-hybridized carbons (Fsp3) is 0.556. The largest absolute Gasteiger partial charge is 0.354 e. The van der Waals surface area contributed by atoms with E-state index in [4.69, 9.17) is 0 Å². The molecule has 1 aromatic carbocycles. The predicted molar refractivity (Wildman–Crippen MR) is 97.6 cm³/mol. The molecule has 0 aliphatic carbocycles. The van der Waals surface area contributed by atoms with Crippen LogP contribution in [0.15, 0.2) is 24.3 Å². The zero-order chi connectivity index (χ0) is 16.1. The number of carbonyl (C=O) groups excluding carboxylic acids is 2. The molecule has 2 heterocycles. The molecule has 5 nitrogen and oxygen atoms in total. The Kier molecular flexibility index (Phi) is 7.06. The van der Waals surface area contributed by atoms with Crippen molar-refractivity contribution in [2.24, 2.45) is 5.92 Å². The molecule has 2 aliphatic rings. The van der Waals surface area contributed by atoms with Gasteiger partial charge in [0, 0.05) is 18.7 Å². The van der Waals surface area contributed by atoms with Crippen molar-refractivity contribution < 1.29 is 9.59 Å². The Balaban J connectivity index is 0.00000208. The van der Waals surface area contributed by atoms with Crippen molar-refractivity contribution in [1.82, 2.24) is 10.6 Å². The number of benzene rings is 1. The van der Waals surface area contributed by atoms with Gasteiger partial charge in [-0.1, -0.05) is 18.2 Å². The normalized spacial score (nSPS) is 20.6. The minimum Gasteiger partial charge on any atom is -0.354 e. The SMILES string of the molecule is Cl.O=C(CN1C(=O)CCCc2ccccc21)NCC1CCCNC1. The number of hydrogen-bond acceptors (Lipinski definition) is 3. The first-order valence-electron chi connectivity index (χ1n) is 8.60. The molecular formula is C18H26ClN3O2. The second-order valence-electron chi connectivity index (χ2n) is 6.48. The van der Waals surface area contributed by atoms with Crippen molar-refractivity contribution in [3.05, 3.63) is 29.8 Å². The summed E-state index contributed by atoms with van der Waals surface area (Å²) in [6.07, 6.45) is 4.57. The number of amides is 2. The number of nitrogens with zero attached hydrogens (tertiary/aromatic N) is 1. The van der Waals surface area contributed by atoms with Gasteiger partial charge in [-0.25, -0.2) is 0 Å². The standard InChI is InChI=1S/C18H25N3O2.ClH/c22-17(20-12-14-5-4-10-19-11-14)13-21-16-8-2-1-6-15(16)7-3-9-18(21)23;/h1-2,6,8,14,19H,3-5,7,9-13H2,(H,20,22);1H. The number of fused-ring (bicyclic) bond motifs is 1. The molecule has 0 bridgehead atoms. The minimum absolute atomic E-state index is 0. The fourth-order valence-corrected chi connectivity index (χ4v) is 3.41. The van der Waals surface area contributed by atoms with E-state index in [2.05, 4.69) is 10.6 Å². The van der Waals surface area contributed by atoms with Gasteiger partial charge in [0.25, 0.3) is 0 Å². The molecule has 1 atom stereocenters. The molecule has 1 unspecified atom stereocenters. The Bertz CT molecular complexity index is 573. The third kappa shape index (κ3) is 4.71. The summed E-state index contributed by atoms with van der Waals surface area (Å²) in [6.45, 7) is 2.85. The summed E-state index contributed by atoms with van der Waals surface area (Å²) in [5.74, 6) is 0.477. The smallest absolute Gasteiger partial charge is 0.240 e. The van der Waals surface area contributed by atoms with Crippen molar-refractivity contribution in [2.75, 3.05) is 31.1 Å². The highest BCUT2D eigenvalue weighted by molar-refractivity contribution is 5.99. The van der Waals surface area contributed by atoms with Gasteiger partial charge in [0.15, 0.2) is 0 Å². The maximum Gasteiger partial charge on any atom is 0.240 e. The van der Waals surface area contributed by atoms with Crippen LogP contribution < -0.4 is 15.5 Å². The molecule has 0 aromatic heterocycles. The van der Waals surface area contributed by atoms with Crippen molar-refractivity contribution in [1.29, 1.82) is 0 Å². The quantitative estimate of drug-likeness (QED) is 0.870. The third-order valence-corrected chi connectivity index (χ3v) is 4.71. The molecule has 3 rings (SSSR count). The van der Waals surface area contributed by atoms with Gasteiger partial charge in [-0.2, -0.15) is 0 Å². The number of piperidine rings is 1.